The van der Waals surface area contributed by atoms with Gasteiger partial charge in [-0.05, 0) is 36.6 Å². The number of unbranched alkanes of at least 4 members (excludes halogenated alkanes) is 5. The molecule has 27 heavy (non-hydrogen) atoms. The van der Waals surface area contributed by atoms with E-state index < -0.39 is 10.1 Å². The molecule has 2 rings (SSSR count). The number of hydrogen-bond acceptors (Lipinski definition) is 4. The van der Waals surface area contributed by atoms with Gasteiger partial charge in [0.1, 0.15) is 16.4 Å². The summed E-state index contributed by atoms with van der Waals surface area (Å²) < 4.78 is 38.1. The van der Waals surface area contributed by atoms with Gasteiger partial charge >= 0.3 is 51.4 Å². The molecule has 0 fully saturated rings. The van der Waals surface area contributed by atoms with Crippen LogP contribution >= 0.6 is 0 Å². The van der Waals surface area contributed by atoms with Gasteiger partial charge in [-0.1, -0.05) is 63.3 Å². The van der Waals surface area contributed by atoms with E-state index in [0.717, 1.165) is 19.3 Å². The van der Waals surface area contributed by atoms with Crippen LogP contribution in [0.25, 0.3) is 0 Å². The van der Waals surface area contributed by atoms with Gasteiger partial charge in [-0.2, -0.15) is 8.42 Å². The SMILES string of the molecule is CCCCCCCCc1c([O-])cccc1Oc1ccccc1S(=O)(=O)O.[K+]. The van der Waals surface area contributed by atoms with E-state index in [9.17, 15) is 18.1 Å². The second-order valence-corrected chi connectivity index (χ2v) is 7.66. The molecule has 0 radical (unpaired) electrons. The Labute approximate surface area is 204 Å². The molecule has 7 heteroatoms. The summed E-state index contributed by atoms with van der Waals surface area (Å²) in [6.45, 7) is 2.17. The van der Waals surface area contributed by atoms with E-state index in [2.05, 4.69) is 6.92 Å². The van der Waals surface area contributed by atoms with Crippen molar-refractivity contribution in [3.63, 3.8) is 0 Å². The van der Waals surface area contributed by atoms with Crippen LogP contribution in [0.3, 0.4) is 0 Å². The van der Waals surface area contributed by atoms with Crippen LogP contribution in [-0.2, 0) is 16.5 Å². The quantitative estimate of drug-likeness (QED) is 0.362. The molecule has 142 valence electrons. The fraction of sp³-hybridized carbons (Fsp3) is 0.400. The van der Waals surface area contributed by atoms with Gasteiger partial charge in [-0.3, -0.25) is 4.55 Å². The van der Waals surface area contributed by atoms with E-state index >= 15 is 0 Å². The third-order valence-corrected chi connectivity index (χ3v) is 5.11. The first kappa shape index (κ1) is 24.6. The molecule has 0 spiro atoms. The molecule has 5 nitrogen and oxygen atoms in total. The second-order valence-electron chi connectivity index (χ2n) is 6.27. The maximum Gasteiger partial charge on any atom is 1.00 e. The van der Waals surface area contributed by atoms with Crippen LogP contribution in [-0.4, -0.2) is 13.0 Å². The summed E-state index contributed by atoms with van der Waals surface area (Å²) in [4.78, 5) is -0.318. The molecule has 0 aliphatic heterocycles. The number of para-hydroxylation sites is 1. The van der Waals surface area contributed by atoms with Crippen LogP contribution in [0.5, 0.6) is 17.2 Å². The van der Waals surface area contributed by atoms with Gasteiger partial charge in [0.15, 0.2) is 0 Å². The summed E-state index contributed by atoms with van der Waals surface area (Å²) in [7, 11) is -4.41. The van der Waals surface area contributed by atoms with E-state index in [1.165, 1.54) is 43.5 Å². The van der Waals surface area contributed by atoms with E-state index in [0.29, 0.717) is 17.7 Å². The minimum absolute atomic E-state index is 0. The van der Waals surface area contributed by atoms with Crippen LogP contribution in [0, 0.1) is 0 Å². The largest absolute Gasteiger partial charge is 1.00 e. The first-order valence-corrected chi connectivity index (χ1v) is 10.4. The molecular formula is C20H25KO5S. The van der Waals surface area contributed by atoms with Crippen molar-refractivity contribution in [3.8, 4) is 17.2 Å². The number of hydrogen-bond donors (Lipinski definition) is 1. The van der Waals surface area contributed by atoms with Gasteiger partial charge in [0.05, 0.1) is 0 Å². The predicted molar refractivity (Wildman–Crippen MR) is 99.3 cm³/mol. The van der Waals surface area contributed by atoms with Gasteiger partial charge in [0, 0.05) is 0 Å². The molecule has 0 heterocycles. The second kappa shape index (κ2) is 12.2. The molecule has 0 saturated heterocycles. The maximum atomic E-state index is 12.2. The molecule has 1 N–H and O–H groups in total. The predicted octanol–water partition coefficient (Wildman–Crippen LogP) is 1.71. The molecule has 0 atom stereocenters. The van der Waals surface area contributed by atoms with Crippen molar-refractivity contribution in [3.05, 3.63) is 48.0 Å². The standard InChI is InChI=1S/C20H26O5S.K/c1-2-3-4-5-6-7-11-16-17(21)12-10-14-18(16)25-19-13-8-9-15-20(19)26(22,23)24;/h8-10,12-15,21H,2-7,11H2,1H3,(H,22,23,24);/q;+1/p-1. The van der Waals surface area contributed by atoms with Crippen LogP contribution in [0.2, 0.25) is 0 Å². The third kappa shape index (κ3) is 7.85. The first-order valence-electron chi connectivity index (χ1n) is 8.96. The molecule has 0 bridgehead atoms. The topological polar surface area (TPSA) is 86.7 Å². The first-order chi connectivity index (χ1) is 12.4. The fourth-order valence-electron chi connectivity index (χ4n) is 2.84. The maximum absolute atomic E-state index is 12.2. The van der Waals surface area contributed by atoms with Crippen molar-refractivity contribution < 1.29 is 74.2 Å². The molecule has 0 aromatic heterocycles. The van der Waals surface area contributed by atoms with E-state index in [1.807, 2.05) is 0 Å². The molecule has 0 amide bonds. The van der Waals surface area contributed by atoms with Crippen molar-refractivity contribution in [1.82, 2.24) is 0 Å². The summed E-state index contributed by atoms with van der Waals surface area (Å²) in [6, 6.07) is 10.5. The monoisotopic (exact) mass is 416 g/mol. The van der Waals surface area contributed by atoms with Crippen molar-refractivity contribution in [2.24, 2.45) is 0 Å². The zero-order chi connectivity index (χ0) is 19.0. The fourth-order valence-corrected chi connectivity index (χ4v) is 3.45. The van der Waals surface area contributed by atoms with Crippen molar-refractivity contribution in [2.45, 2.75) is 56.8 Å². The summed E-state index contributed by atoms with van der Waals surface area (Å²) in [5.41, 5.74) is 0.535. The van der Waals surface area contributed by atoms with Gasteiger partial charge in [0.25, 0.3) is 10.1 Å². The van der Waals surface area contributed by atoms with Crippen LogP contribution < -0.4 is 61.2 Å². The Kier molecular flexibility index (Phi) is 11.1. The average molecular weight is 417 g/mol. The van der Waals surface area contributed by atoms with E-state index in [4.69, 9.17) is 4.74 Å². The number of ether oxygens (including phenoxy) is 1. The molecule has 2 aromatic rings. The Balaban J connectivity index is 0.00000364. The minimum atomic E-state index is -4.41. The minimum Gasteiger partial charge on any atom is -0.872 e. The van der Waals surface area contributed by atoms with Crippen molar-refractivity contribution >= 4 is 10.1 Å². The molecule has 0 unspecified atom stereocenters. The summed E-state index contributed by atoms with van der Waals surface area (Å²) in [5, 5.41) is 12.2. The van der Waals surface area contributed by atoms with Crippen LogP contribution in [0.4, 0.5) is 0 Å². The zero-order valence-corrected chi connectivity index (χ0v) is 19.9. The Morgan fingerprint density at radius 3 is 2.26 bits per heavy atom. The van der Waals surface area contributed by atoms with Crippen molar-refractivity contribution in [2.75, 3.05) is 0 Å². The average Bonchev–Trinajstić information content (AvgIpc) is 2.59. The van der Waals surface area contributed by atoms with Gasteiger partial charge in [0.2, 0.25) is 0 Å². The Hall–Kier alpha value is -0.414. The Bertz CT molecular complexity index is 821. The van der Waals surface area contributed by atoms with Crippen LogP contribution in [0.15, 0.2) is 47.4 Å². The van der Waals surface area contributed by atoms with Crippen LogP contribution in [0.1, 0.15) is 51.0 Å². The number of rotatable bonds is 10. The van der Waals surface area contributed by atoms with Crippen molar-refractivity contribution in [1.29, 1.82) is 0 Å². The third-order valence-electron chi connectivity index (χ3n) is 4.22. The normalized spacial score (nSPS) is 11.0. The molecule has 2 aromatic carbocycles. The zero-order valence-electron chi connectivity index (χ0n) is 16.0. The van der Waals surface area contributed by atoms with Gasteiger partial charge in [-0.15, -0.1) is 5.75 Å². The summed E-state index contributed by atoms with van der Waals surface area (Å²) in [5.74, 6) is 0.215. The Morgan fingerprint density at radius 2 is 1.56 bits per heavy atom. The smallest absolute Gasteiger partial charge is 0.872 e. The molecule has 0 saturated carbocycles. The van der Waals surface area contributed by atoms with E-state index in [-0.39, 0.29) is 67.8 Å². The van der Waals surface area contributed by atoms with E-state index in [1.54, 1.807) is 18.2 Å². The number of benzene rings is 2. The van der Waals surface area contributed by atoms with Gasteiger partial charge in [-0.25, -0.2) is 0 Å². The summed E-state index contributed by atoms with van der Waals surface area (Å²) in [6.07, 6.45) is 7.23. The molecule has 0 aliphatic rings. The molecule has 0 aliphatic carbocycles. The molecular weight excluding hydrogens is 391 g/mol. The van der Waals surface area contributed by atoms with Gasteiger partial charge < -0.3 is 9.84 Å². The Morgan fingerprint density at radius 1 is 0.926 bits per heavy atom. The summed E-state index contributed by atoms with van der Waals surface area (Å²) >= 11 is 0.